The van der Waals surface area contributed by atoms with Gasteiger partial charge in [-0.3, -0.25) is 0 Å². The number of benzene rings is 1. The molecule has 2 N–H and O–H groups in total. The highest BCUT2D eigenvalue weighted by Crippen LogP contribution is 2.35. The Hall–Kier alpha value is -1.02. The fourth-order valence-corrected chi connectivity index (χ4v) is 2.59. The van der Waals surface area contributed by atoms with E-state index in [4.69, 9.17) is 0 Å². The Labute approximate surface area is 84.0 Å². The van der Waals surface area contributed by atoms with Gasteiger partial charge in [-0.2, -0.15) is 0 Å². The zero-order valence-corrected chi connectivity index (χ0v) is 8.21. The monoisotopic (exact) mass is 189 g/mol. The third kappa shape index (κ3) is 1.14. The molecule has 1 fully saturated rings. The number of hydrogen-bond donors (Lipinski definition) is 2. The average Bonchev–Trinajstić information content (AvgIpc) is 2.47. The molecule has 74 valence electrons. The maximum Gasteiger partial charge on any atom is 0.116 e. The van der Waals surface area contributed by atoms with Gasteiger partial charge in [-0.15, -0.1) is 0 Å². The van der Waals surface area contributed by atoms with Gasteiger partial charge in [0.2, 0.25) is 0 Å². The Bertz CT molecular complexity index is 369. The van der Waals surface area contributed by atoms with Crippen LogP contribution in [0.15, 0.2) is 12.1 Å². The molecule has 1 aromatic rings. The second kappa shape index (κ2) is 2.99. The van der Waals surface area contributed by atoms with Crippen molar-refractivity contribution < 1.29 is 5.11 Å². The molecule has 1 heterocycles. The molecule has 1 aromatic carbocycles. The molecule has 3 rings (SSSR count). The molecule has 0 bridgehead atoms. The normalized spacial score (nSPS) is 24.4. The molecule has 0 spiro atoms. The van der Waals surface area contributed by atoms with Gasteiger partial charge < -0.3 is 10.4 Å². The predicted octanol–water partition coefficient (Wildman–Crippen LogP) is 1.92. The van der Waals surface area contributed by atoms with Crippen molar-refractivity contribution in [1.29, 1.82) is 0 Å². The standard InChI is InChI=1S/C12H15NO/c14-9-6-8-2-1-3-10(8)11(7-9)12-4-5-13-12/h6-7,12-14H,1-5H2/t12-/m1/s1. The highest BCUT2D eigenvalue weighted by atomic mass is 16.3. The van der Waals surface area contributed by atoms with E-state index in [0.29, 0.717) is 11.8 Å². The number of aromatic hydroxyl groups is 1. The van der Waals surface area contributed by atoms with Gasteiger partial charge in [0.25, 0.3) is 0 Å². The van der Waals surface area contributed by atoms with Crippen LogP contribution in [-0.4, -0.2) is 11.7 Å². The Kier molecular flexibility index (Phi) is 1.77. The topological polar surface area (TPSA) is 32.3 Å². The van der Waals surface area contributed by atoms with E-state index in [-0.39, 0.29) is 0 Å². The number of nitrogens with one attached hydrogen (secondary N) is 1. The maximum absolute atomic E-state index is 9.62. The van der Waals surface area contributed by atoms with Gasteiger partial charge in [0.1, 0.15) is 5.75 Å². The fourth-order valence-electron chi connectivity index (χ4n) is 2.59. The molecular formula is C12H15NO. The average molecular weight is 189 g/mol. The van der Waals surface area contributed by atoms with E-state index >= 15 is 0 Å². The van der Waals surface area contributed by atoms with E-state index in [1.807, 2.05) is 12.1 Å². The summed E-state index contributed by atoms with van der Waals surface area (Å²) in [4.78, 5) is 0. The van der Waals surface area contributed by atoms with Crippen molar-refractivity contribution in [1.82, 2.24) is 5.32 Å². The predicted molar refractivity (Wildman–Crippen MR) is 55.5 cm³/mol. The summed E-state index contributed by atoms with van der Waals surface area (Å²) in [6, 6.07) is 4.39. The number of phenolic OH excluding ortho intramolecular Hbond substituents is 1. The van der Waals surface area contributed by atoms with Gasteiger partial charge >= 0.3 is 0 Å². The minimum atomic E-state index is 0.439. The number of phenols is 1. The molecule has 1 aliphatic heterocycles. The lowest BCUT2D eigenvalue weighted by atomic mass is 9.91. The zero-order chi connectivity index (χ0) is 9.54. The van der Waals surface area contributed by atoms with Crippen LogP contribution < -0.4 is 5.32 Å². The molecule has 2 nitrogen and oxygen atoms in total. The summed E-state index contributed by atoms with van der Waals surface area (Å²) in [5.74, 6) is 0.439. The molecule has 1 atom stereocenters. The van der Waals surface area contributed by atoms with E-state index in [0.717, 1.165) is 13.0 Å². The molecule has 0 radical (unpaired) electrons. The van der Waals surface area contributed by atoms with E-state index in [2.05, 4.69) is 5.32 Å². The van der Waals surface area contributed by atoms with Crippen LogP contribution in [0, 0.1) is 0 Å². The second-order valence-corrected chi connectivity index (χ2v) is 4.32. The van der Waals surface area contributed by atoms with Crippen molar-refractivity contribution in [2.75, 3.05) is 6.54 Å². The lowest BCUT2D eigenvalue weighted by molar-refractivity contribution is 0.379. The summed E-state index contributed by atoms with van der Waals surface area (Å²) >= 11 is 0. The minimum absolute atomic E-state index is 0.439. The Morgan fingerprint density at radius 1 is 1.29 bits per heavy atom. The SMILES string of the molecule is Oc1cc2c(c([C@H]3CCN3)c1)CCC2. The van der Waals surface area contributed by atoms with Gasteiger partial charge in [0, 0.05) is 6.04 Å². The molecule has 1 aliphatic carbocycles. The van der Waals surface area contributed by atoms with Crippen LogP contribution in [0.2, 0.25) is 0 Å². The van der Waals surface area contributed by atoms with E-state index in [1.165, 1.54) is 36.0 Å². The first-order chi connectivity index (χ1) is 6.84. The van der Waals surface area contributed by atoms with Gasteiger partial charge in [-0.05, 0) is 61.1 Å². The van der Waals surface area contributed by atoms with Crippen LogP contribution >= 0.6 is 0 Å². The van der Waals surface area contributed by atoms with Crippen LogP contribution in [0.25, 0.3) is 0 Å². The quantitative estimate of drug-likeness (QED) is 0.707. The van der Waals surface area contributed by atoms with Crippen molar-refractivity contribution in [2.45, 2.75) is 31.7 Å². The summed E-state index contributed by atoms with van der Waals surface area (Å²) in [7, 11) is 0. The third-order valence-electron chi connectivity index (χ3n) is 3.43. The smallest absolute Gasteiger partial charge is 0.116 e. The van der Waals surface area contributed by atoms with E-state index in [1.54, 1.807) is 0 Å². The van der Waals surface area contributed by atoms with Crippen molar-refractivity contribution in [3.05, 3.63) is 28.8 Å². The number of rotatable bonds is 1. The number of fused-ring (bicyclic) bond motifs is 1. The largest absolute Gasteiger partial charge is 0.508 e. The molecule has 14 heavy (non-hydrogen) atoms. The fraction of sp³-hybridized carbons (Fsp3) is 0.500. The lowest BCUT2D eigenvalue weighted by Crippen LogP contribution is -2.35. The van der Waals surface area contributed by atoms with Gasteiger partial charge in [0.15, 0.2) is 0 Å². The Morgan fingerprint density at radius 3 is 2.86 bits per heavy atom. The molecule has 1 saturated heterocycles. The number of aryl methyl sites for hydroxylation is 1. The molecule has 2 aliphatic rings. The van der Waals surface area contributed by atoms with Gasteiger partial charge in [0.05, 0.1) is 0 Å². The van der Waals surface area contributed by atoms with Gasteiger partial charge in [-0.25, -0.2) is 0 Å². The summed E-state index contributed by atoms with van der Waals surface area (Å²) in [6.45, 7) is 1.12. The summed E-state index contributed by atoms with van der Waals surface area (Å²) in [5, 5.41) is 13.0. The van der Waals surface area contributed by atoms with Crippen molar-refractivity contribution in [2.24, 2.45) is 0 Å². The van der Waals surface area contributed by atoms with Crippen LogP contribution in [0.3, 0.4) is 0 Å². The minimum Gasteiger partial charge on any atom is -0.508 e. The third-order valence-corrected chi connectivity index (χ3v) is 3.43. The summed E-state index contributed by atoms with van der Waals surface area (Å²) in [6.07, 6.45) is 4.81. The maximum atomic E-state index is 9.62. The van der Waals surface area contributed by atoms with Crippen molar-refractivity contribution in [3.8, 4) is 5.75 Å². The molecule has 0 unspecified atom stereocenters. The van der Waals surface area contributed by atoms with Crippen molar-refractivity contribution in [3.63, 3.8) is 0 Å². The first-order valence-corrected chi connectivity index (χ1v) is 5.42. The second-order valence-electron chi connectivity index (χ2n) is 4.32. The molecule has 0 aromatic heterocycles. The van der Waals surface area contributed by atoms with Crippen LogP contribution in [0.1, 0.15) is 35.6 Å². The molecule has 0 saturated carbocycles. The van der Waals surface area contributed by atoms with Crippen LogP contribution in [-0.2, 0) is 12.8 Å². The van der Waals surface area contributed by atoms with Crippen molar-refractivity contribution >= 4 is 0 Å². The Morgan fingerprint density at radius 2 is 2.14 bits per heavy atom. The molecule has 0 amide bonds. The highest BCUT2D eigenvalue weighted by molar-refractivity contribution is 5.46. The molecular weight excluding hydrogens is 174 g/mol. The van der Waals surface area contributed by atoms with E-state index in [9.17, 15) is 5.11 Å². The lowest BCUT2D eigenvalue weighted by Gasteiger charge is -2.30. The molecule has 2 heteroatoms. The summed E-state index contributed by atoms with van der Waals surface area (Å²) in [5.41, 5.74) is 4.22. The number of hydrogen-bond acceptors (Lipinski definition) is 2. The van der Waals surface area contributed by atoms with Crippen LogP contribution in [0.4, 0.5) is 0 Å². The first-order valence-electron chi connectivity index (χ1n) is 5.42. The summed E-state index contributed by atoms with van der Waals surface area (Å²) < 4.78 is 0. The Balaban J connectivity index is 2.08. The highest BCUT2D eigenvalue weighted by Gasteiger charge is 2.25. The van der Waals surface area contributed by atoms with Gasteiger partial charge in [-0.1, -0.05) is 0 Å². The zero-order valence-electron chi connectivity index (χ0n) is 8.21. The van der Waals surface area contributed by atoms with E-state index < -0.39 is 0 Å². The first kappa shape index (κ1) is 8.30. The van der Waals surface area contributed by atoms with Crippen LogP contribution in [0.5, 0.6) is 5.75 Å².